The van der Waals surface area contributed by atoms with Crippen molar-refractivity contribution in [3.05, 3.63) is 47.4 Å². The van der Waals surface area contributed by atoms with E-state index in [1.54, 1.807) is 15.8 Å². The Balaban J connectivity index is 1.48. The van der Waals surface area contributed by atoms with Gasteiger partial charge in [0.2, 0.25) is 5.95 Å². The van der Waals surface area contributed by atoms with Crippen LogP contribution < -0.4 is 5.73 Å². The van der Waals surface area contributed by atoms with Crippen molar-refractivity contribution in [2.75, 3.05) is 18.9 Å². The molecule has 204 valence electrons. The first-order chi connectivity index (χ1) is 17.9. The van der Waals surface area contributed by atoms with Gasteiger partial charge in [-0.25, -0.2) is 9.78 Å². The lowest BCUT2D eigenvalue weighted by molar-refractivity contribution is -0.179. The zero-order chi connectivity index (χ0) is 27.3. The number of anilines is 1. The van der Waals surface area contributed by atoms with Gasteiger partial charge in [-0.15, -0.1) is 0 Å². The molecule has 2 saturated heterocycles. The molecular formula is C26H33ClN6O5. The van der Waals surface area contributed by atoms with Crippen molar-refractivity contribution in [2.24, 2.45) is 0 Å². The highest BCUT2D eigenvalue weighted by molar-refractivity contribution is 6.33. The highest BCUT2D eigenvalue weighted by atomic mass is 35.5. The summed E-state index contributed by atoms with van der Waals surface area (Å²) in [6.45, 7) is 10.3. The number of benzene rings is 1. The van der Waals surface area contributed by atoms with E-state index in [1.807, 2.05) is 65.0 Å². The van der Waals surface area contributed by atoms with Crippen molar-refractivity contribution in [3.63, 3.8) is 0 Å². The van der Waals surface area contributed by atoms with Crippen LogP contribution in [-0.2, 0) is 32.1 Å². The molecule has 2 aromatic heterocycles. The minimum atomic E-state index is -0.943. The number of amides is 1. The Bertz CT molecular complexity index is 1330. The molecule has 0 radical (unpaired) electrons. The Morgan fingerprint density at radius 2 is 1.97 bits per heavy atom. The molecule has 3 aromatic rings. The maximum absolute atomic E-state index is 13.4. The molecule has 2 aliphatic rings. The Morgan fingerprint density at radius 3 is 2.68 bits per heavy atom. The summed E-state index contributed by atoms with van der Waals surface area (Å²) < 4.78 is 26.7. The number of carbonyl (C=O) groups is 1. The van der Waals surface area contributed by atoms with E-state index in [4.69, 9.17) is 36.3 Å². The van der Waals surface area contributed by atoms with Crippen LogP contribution in [-0.4, -0.2) is 72.8 Å². The summed E-state index contributed by atoms with van der Waals surface area (Å²) in [4.78, 5) is 27.8. The van der Waals surface area contributed by atoms with Crippen molar-refractivity contribution in [1.29, 1.82) is 0 Å². The van der Waals surface area contributed by atoms with Gasteiger partial charge < -0.3 is 29.2 Å². The van der Waals surface area contributed by atoms with Crippen LogP contribution in [0.15, 0.2) is 36.7 Å². The summed E-state index contributed by atoms with van der Waals surface area (Å²) in [5.41, 5.74) is 6.17. The molecule has 0 spiro atoms. The second-order valence-corrected chi connectivity index (χ2v) is 11.6. The van der Waals surface area contributed by atoms with E-state index in [0.717, 1.165) is 5.56 Å². The molecule has 2 fully saturated rings. The molecule has 0 saturated carbocycles. The lowest BCUT2D eigenvalue weighted by Crippen LogP contribution is -2.46. The van der Waals surface area contributed by atoms with E-state index in [2.05, 4.69) is 15.0 Å². The predicted octanol–water partition coefficient (Wildman–Crippen LogP) is 3.79. The van der Waals surface area contributed by atoms with Crippen LogP contribution in [0.5, 0.6) is 0 Å². The summed E-state index contributed by atoms with van der Waals surface area (Å²) in [5.74, 6) is -0.860. The number of rotatable bonds is 6. The third kappa shape index (κ3) is 5.28. The van der Waals surface area contributed by atoms with Crippen molar-refractivity contribution in [3.8, 4) is 0 Å². The summed E-state index contributed by atoms with van der Waals surface area (Å²) in [7, 11) is 0. The molecular weight excluding hydrogens is 512 g/mol. The van der Waals surface area contributed by atoms with Crippen molar-refractivity contribution < 1.29 is 23.7 Å². The largest absolute Gasteiger partial charge is 0.444 e. The lowest BCUT2D eigenvalue weighted by atomic mass is 9.96. The van der Waals surface area contributed by atoms with Crippen molar-refractivity contribution >= 4 is 34.8 Å². The van der Waals surface area contributed by atoms with Crippen molar-refractivity contribution in [1.82, 2.24) is 24.4 Å². The van der Waals surface area contributed by atoms with Crippen LogP contribution >= 0.6 is 11.6 Å². The van der Waals surface area contributed by atoms with Gasteiger partial charge in [-0.3, -0.25) is 4.90 Å². The molecule has 0 aliphatic carbocycles. The average molecular weight is 545 g/mol. The fourth-order valence-electron chi connectivity index (χ4n) is 5.18. The Labute approximate surface area is 226 Å². The standard InChI is InChI=1S/C26H33ClN6O5/c1-24(2,3)37-23(34)33-14-26(13-32-15-29-18-20(27)30-22(28)31-21(18)32)19(36-25(4,5)38-26)17(33)12-35-11-16-9-7-6-8-10-16/h6-10,15,17,19H,11-14H2,1-5H3,(H2,28,30,31)/t17-,19-,26+/m1/s1. The van der Waals surface area contributed by atoms with Gasteiger partial charge in [-0.05, 0) is 40.2 Å². The van der Waals surface area contributed by atoms with E-state index in [9.17, 15) is 4.79 Å². The second kappa shape index (κ2) is 9.64. The summed E-state index contributed by atoms with van der Waals surface area (Å²) in [5, 5.41) is 0.165. The number of nitrogen functional groups attached to an aromatic ring is 1. The fraction of sp³-hybridized carbons (Fsp3) is 0.538. The molecule has 0 bridgehead atoms. The molecule has 5 rings (SSSR count). The van der Waals surface area contributed by atoms with Crippen molar-refractivity contribution in [2.45, 2.75) is 76.9 Å². The highest BCUT2D eigenvalue weighted by Crippen LogP contribution is 2.46. The molecule has 3 atom stereocenters. The highest BCUT2D eigenvalue weighted by Gasteiger charge is 2.64. The SMILES string of the molecule is CC(C)(C)OC(=O)N1C[C@]2(Cn3cnc4c(Cl)nc(N)nc43)OC(C)(C)O[C@@H]2[C@H]1COCc1ccccc1. The minimum absolute atomic E-state index is 0.0382. The first-order valence-corrected chi connectivity index (χ1v) is 12.9. The number of imidazole rings is 1. The van der Waals surface area contributed by atoms with Gasteiger partial charge in [0, 0.05) is 0 Å². The maximum atomic E-state index is 13.4. The predicted molar refractivity (Wildman–Crippen MR) is 140 cm³/mol. The molecule has 4 heterocycles. The maximum Gasteiger partial charge on any atom is 0.410 e. The molecule has 38 heavy (non-hydrogen) atoms. The Kier molecular flexibility index (Phi) is 6.75. The number of nitrogens with zero attached hydrogens (tertiary/aromatic N) is 5. The fourth-order valence-corrected chi connectivity index (χ4v) is 5.40. The number of ether oxygens (including phenoxy) is 4. The first-order valence-electron chi connectivity index (χ1n) is 12.5. The van der Waals surface area contributed by atoms with Gasteiger partial charge in [-0.2, -0.15) is 9.97 Å². The van der Waals surface area contributed by atoms with Gasteiger partial charge >= 0.3 is 6.09 Å². The second-order valence-electron chi connectivity index (χ2n) is 11.2. The number of likely N-dealkylation sites (tertiary alicyclic amines) is 1. The molecule has 2 aliphatic heterocycles. The molecule has 2 N–H and O–H groups in total. The minimum Gasteiger partial charge on any atom is -0.444 e. The van der Waals surface area contributed by atoms with Crippen LogP contribution in [0.25, 0.3) is 11.2 Å². The summed E-state index contributed by atoms with van der Waals surface area (Å²) >= 11 is 6.26. The Hall–Kier alpha value is -2.99. The van der Waals surface area contributed by atoms with E-state index in [1.165, 1.54) is 0 Å². The molecule has 11 nitrogen and oxygen atoms in total. The van der Waals surface area contributed by atoms with E-state index >= 15 is 0 Å². The number of aromatic nitrogens is 4. The zero-order valence-corrected chi connectivity index (χ0v) is 22.9. The Morgan fingerprint density at radius 1 is 1.24 bits per heavy atom. The number of carbonyl (C=O) groups excluding carboxylic acids is 1. The van der Waals surface area contributed by atoms with E-state index < -0.39 is 35.2 Å². The number of hydrogen-bond donors (Lipinski definition) is 1. The molecule has 0 unspecified atom stereocenters. The first kappa shape index (κ1) is 26.6. The van der Waals surface area contributed by atoms with Gasteiger partial charge in [0.25, 0.3) is 0 Å². The smallest absolute Gasteiger partial charge is 0.410 e. The number of nitrogens with two attached hydrogens (primary N) is 1. The van der Waals surface area contributed by atoms with Crippen LogP contribution in [0.2, 0.25) is 5.15 Å². The number of fused-ring (bicyclic) bond motifs is 2. The van der Waals surface area contributed by atoms with Crippen LogP contribution in [0.1, 0.15) is 40.2 Å². The van der Waals surface area contributed by atoms with Crippen LogP contribution in [0, 0.1) is 0 Å². The topological polar surface area (TPSA) is 127 Å². The van der Waals surface area contributed by atoms with Gasteiger partial charge in [0.05, 0.1) is 38.7 Å². The zero-order valence-electron chi connectivity index (χ0n) is 22.2. The molecule has 1 amide bonds. The van der Waals surface area contributed by atoms with Gasteiger partial charge in [0.15, 0.2) is 16.6 Å². The molecule has 12 heteroatoms. The quantitative estimate of drug-likeness (QED) is 0.461. The van der Waals surface area contributed by atoms with E-state index in [0.29, 0.717) is 17.8 Å². The third-order valence-electron chi connectivity index (χ3n) is 6.47. The van der Waals surface area contributed by atoms with Gasteiger partial charge in [0.1, 0.15) is 22.8 Å². The third-order valence-corrected chi connectivity index (χ3v) is 6.73. The monoisotopic (exact) mass is 544 g/mol. The average Bonchev–Trinajstić information content (AvgIpc) is 3.41. The van der Waals surface area contributed by atoms with Crippen LogP contribution in [0.3, 0.4) is 0 Å². The summed E-state index contributed by atoms with van der Waals surface area (Å²) in [6, 6.07) is 9.39. The normalized spacial score (nSPS) is 24.6. The lowest BCUT2D eigenvalue weighted by Gasteiger charge is -2.32. The number of hydrogen-bond acceptors (Lipinski definition) is 9. The summed E-state index contributed by atoms with van der Waals surface area (Å²) in [6.07, 6.45) is 0.630. The number of halogens is 1. The van der Waals surface area contributed by atoms with Gasteiger partial charge in [-0.1, -0.05) is 41.9 Å². The molecule has 1 aromatic carbocycles. The van der Waals surface area contributed by atoms with Crippen LogP contribution in [0.4, 0.5) is 10.7 Å². The van der Waals surface area contributed by atoms with E-state index in [-0.39, 0.29) is 30.8 Å².